The highest BCUT2D eigenvalue weighted by molar-refractivity contribution is 7.84. The van der Waals surface area contributed by atoms with Crippen molar-refractivity contribution in [2.24, 2.45) is 7.05 Å². The molecule has 32 heavy (non-hydrogen) atoms. The molecule has 170 valence electrons. The van der Waals surface area contributed by atoms with Crippen molar-refractivity contribution in [2.75, 3.05) is 16.9 Å². The molecule has 1 unspecified atom stereocenters. The molecule has 0 saturated heterocycles. The average Bonchev–Trinajstić information content (AvgIpc) is 3.65. The van der Waals surface area contributed by atoms with Crippen LogP contribution in [0.25, 0.3) is 11.0 Å². The van der Waals surface area contributed by atoms with Crippen LogP contribution in [0.1, 0.15) is 37.2 Å². The number of alkyl halides is 2. The van der Waals surface area contributed by atoms with Gasteiger partial charge >= 0.3 is 0 Å². The summed E-state index contributed by atoms with van der Waals surface area (Å²) in [6.07, 6.45) is 4.71. The number of halogens is 2. The minimum Gasteiger partial charge on any atom is -0.354 e. The molecule has 2 heterocycles. The van der Waals surface area contributed by atoms with Gasteiger partial charge in [-0.1, -0.05) is 6.07 Å². The number of hydrogen-bond acceptors (Lipinski definition) is 5. The lowest BCUT2D eigenvalue weighted by atomic mass is 10.1. The van der Waals surface area contributed by atoms with Gasteiger partial charge in [-0.25, -0.2) is 13.8 Å². The zero-order chi connectivity index (χ0) is 23.0. The Morgan fingerprint density at radius 2 is 1.94 bits per heavy atom. The zero-order valence-electron chi connectivity index (χ0n) is 17.6. The Bertz CT molecular complexity index is 1260. The largest absolute Gasteiger partial charge is 0.354 e. The molecule has 0 bridgehead atoms. The molecular formula is C21H23F2N5O3S. The summed E-state index contributed by atoms with van der Waals surface area (Å²) in [5.41, 5.74) is 2.44. The second-order valence-corrected chi connectivity index (χ2v) is 9.33. The SMILES string of the molecule is Cn1[nH]c2nc(NC=O)cc(Nc3ccc(C4CC4)cc3S(C)=O)c2c1=O.FC1(F)CC1. The van der Waals surface area contributed by atoms with E-state index in [1.165, 1.54) is 10.2 Å². The van der Waals surface area contributed by atoms with Crippen LogP contribution in [-0.2, 0) is 22.6 Å². The average molecular weight is 464 g/mol. The minimum atomic E-state index is -2.25. The van der Waals surface area contributed by atoms with Crippen molar-refractivity contribution >= 4 is 45.4 Å². The number of fused-ring (bicyclic) bond motifs is 1. The van der Waals surface area contributed by atoms with E-state index in [-0.39, 0.29) is 18.4 Å². The third kappa shape index (κ3) is 4.87. The van der Waals surface area contributed by atoms with E-state index >= 15 is 0 Å². The molecule has 2 aliphatic carbocycles. The van der Waals surface area contributed by atoms with Crippen molar-refractivity contribution in [2.45, 2.75) is 42.4 Å². The molecule has 0 radical (unpaired) electrons. The maximum atomic E-state index is 12.5. The van der Waals surface area contributed by atoms with Crippen LogP contribution in [0.5, 0.6) is 0 Å². The molecule has 5 rings (SSSR count). The fourth-order valence-electron chi connectivity index (χ4n) is 3.24. The van der Waals surface area contributed by atoms with E-state index in [1.54, 1.807) is 19.4 Å². The molecule has 1 aromatic carbocycles. The van der Waals surface area contributed by atoms with Crippen LogP contribution in [-0.4, -0.2) is 37.6 Å². The first-order valence-electron chi connectivity index (χ1n) is 10.1. The standard InChI is InChI=1S/C18H19N5O3S.C3H4F2/c1-23-18(25)16-13(8-15(19-9-24)21-17(16)22-23)20-12-6-5-11(10-3-4-10)7-14(12)27(2)26;4-3(5)1-2-3/h5-10H,3-4H2,1-2H3,(H3,19,20,21,22,24);1-2H2. The second kappa shape index (κ2) is 8.45. The smallest absolute Gasteiger partial charge is 0.277 e. The number of aromatic nitrogens is 3. The summed E-state index contributed by atoms with van der Waals surface area (Å²) in [6, 6.07) is 7.46. The molecule has 1 atom stereocenters. The molecule has 2 aliphatic rings. The maximum absolute atomic E-state index is 12.5. The number of pyridine rings is 1. The van der Waals surface area contributed by atoms with Gasteiger partial charge in [-0.15, -0.1) is 0 Å². The van der Waals surface area contributed by atoms with Crippen LogP contribution >= 0.6 is 0 Å². The fraction of sp³-hybridized carbons (Fsp3) is 0.381. The number of rotatable bonds is 6. The lowest BCUT2D eigenvalue weighted by molar-refractivity contribution is -0.105. The van der Waals surface area contributed by atoms with Gasteiger partial charge in [0.1, 0.15) is 11.2 Å². The number of amides is 1. The number of hydrogen-bond donors (Lipinski definition) is 3. The van der Waals surface area contributed by atoms with Gasteiger partial charge in [0.05, 0.1) is 27.1 Å². The van der Waals surface area contributed by atoms with E-state index in [9.17, 15) is 22.6 Å². The number of nitrogens with zero attached hydrogens (tertiary/aromatic N) is 2. The number of H-pyrrole nitrogens is 1. The number of carbonyl (C=O) groups excluding carboxylic acids is 1. The van der Waals surface area contributed by atoms with Gasteiger partial charge in [0.2, 0.25) is 12.3 Å². The van der Waals surface area contributed by atoms with Gasteiger partial charge in [0.25, 0.3) is 5.56 Å². The van der Waals surface area contributed by atoms with Gasteiger partial charge in [0, 0.05) is 32.2 Å². The van der Waals surface area contributed by atoms with Crippen molar-refractivity contribution < 1.29 is 17.8 Å². The van der Waals surface area contributed by atoms with E-state index in [1.807, 2.05) is 18.2 Å². The molecule has 2 aromatic heterocycles. The molecule has 1 amide bonds. The normalized spacial score (nSPS) is 17.2. The molecule has 2 saturated carbocycles. The third-order valence-corrected chi connectivity index (χ3v) is 6.24. The monoisotopic (exact) mass is 463 g/mol. The summed E-state index contributed by atoms with van der Waals surface area (Å²) in [5.74, 6) is -1.40. The molecule has 2 fully saturated rings. The Hall–Kier alpha value is -3.08. The minimum absolute atomic E-state index is 0.118. The number of anilines is 3. The maximum Gasteiger partial charge on any atom is 0.277 e. The highest BCUT2D eigenvalue weighted by Crippen LogP contribution is 2.42. The van der Waals surface area contributed by atoms with E-state index < -0.39 is 16.7 Å². The summed E-state index contributed by atoms with van der Waals surface area (Å²) >= 11 is 0. The lowest BCUT2D eigenvalue weighted by Crippen LogP contribution is -2.12. The van der Waals surface area contributed by atoms with E-state index in [0.29, 0.717) is 45.4 Å². The van der Waals surface area contributed by atoms with Crippen LogP contribution in [0.2, 0.25) is 0 Å². The van der Waals surface area contributed by atoms with Crippen molar-refractivity contribution in [3.63, 3.8) is 0 Å². The third-order valence-electron chi connectivity index (χ3n) is 5.28. The highest BCUT2D eigenvalue weighted by Gasteiger charge is 2.43. The Morgan fingerprint density at radius 1 is 1.25 bits per heavy atom. The van der Waals surface area contributed by atoms with Gasteiger partial charge in [-0.3, -0.25) is 23.6 Å². The Kier molecular flexibility index (Phi) is 5.85. The molecule has 3 aromatic rings. The molecule has 0 aliphatic heterocycles. The highest BCUT2D eigenvalue weighted by atomic mass is 32.2. The zero-order valence-corrected chi connectivity index (χ0v) is 18.4. The summed E-state index contributed by atoms with van der Waals surface area (Å²) in [5, 5.41) is 8.94. The Balaban J connectivity index is 0.000000433. The summed E-state index contributed by atoms with van der Waals surface area (Å²) < 4.78 is 35.9. The number of benzene rings is 1. The number of aryl methyl sites for hydroxylation is 1. The quantitative estimate of drug-likeness (QED) is 0.484. The van der Waals surface area contributed by atoms with E-state index in [4.69, 9.17) is 0 Å². The molecular weight excluding hydrogens is 440 g/mol. The molecule has 0 spiro atoms. The number of carbonyl (C=O) groups is 1. The summed E-state index contributed by atoms with van der Waals surface area (Å²) in [6.45, 7) is 0. The predicted molar refractivity (Wildman–Crippen MR) is 119 cm³/mol. The topological polar surface area (TPSA) is 109 Å². The molecule has 11 heteroatoms. The van der Waals surface area contributed by atoms with Crippen LogP contribution in [0.3, 0.4) is 0 Å². The predicted octanol–water partition coefficient (Wildman–Crippen LogP) is 3.60. The van der Waals surface area contributed by atoms with Crippen LogP contribution in [0.4, 0.5) is 26.0 Å². The van der Waals surface area contributed by atoms with Crippen molar-refractivity contribution in [1.29, 1.82) is 0 Å². The Morgan fingerprint density at radius 3 is 2.50 bits per heavy atom. The summed E-state index contributed by atoms with van der Waals surface area (Å²) in [4.78, 5) is 28.2. The van der Waals surface area contributed by atoms with Crippen molar-refractivity contribution in [3.05, 3.63) is 40.2 Å². The first-order chi connectivity index (χ1) is 15.2. The van der Waals surface area contributed by atoms with Crippen molar-refractivity contribution in [1.82, 2.24) is 14.8 Å². The first kappa shape index (κ1) is 22.1. The number of aromatic amines is 1. The number of nitrogens with one attached hydrogen (secondary N) is 3. The van der Waals surface area contributed by atoms with Crippen LogP contribution in [0.15, 0.2) is 34.0 Å². The van der Waals surface area contributed by atoms with Gasteiger partial charge in [0.15, 0.2) is 5.65 Å². The second-order valence-electron chi connectivity index (χ2n) is 7.98. The molecule has 8 nitrogen and oxygen atoms in total. The van der Waals surface area contributed by atoms with Crippen molar-refractivity contribution in [3.8, 4) is 0 Å². The van der Waals surface area contributed by atoms with Crippen LogP contribution < -0.4 is 16.2 Å². The Labute approximate surface area is 184 Å². The van der Waals surface area contributed by atoms with Gasteiger partial charge in [-0.05, 0) is 36.5 Å². The van der Waals surface area contributed by atoms with E-state index in [0.717, 1.165) is 12.8 Å². The van der Waals surface area contributed by atoms with Gasteiger partial charge < -0.3 is 10.6 Å². The van der Waals surface area contributed by atoms with Crippen LogP contribution in [0, 0.1) is 0 Å². The fourth-order valence-corrected chi connectivity index (χ4v) is 3.97. The first-order valence-corrected chi connectivity index (χ1v) is 11.7. The summed E-state index contributed by atoms with van der Waals surface area (Å²) in [7, 11) is 0.398. The van der Waals surface area contributed by atoms with Gasteiger partial charge in [-0.2, -0.15) is 0 Å². The molecule has 3 N–H and O–H groups in total. The van der Waals surface area contributed by atoms with E-state index in [2.05, 4.69) is 20.7 Å². The lowest BCUT2D eigenvalue weighted by Gasteiger charge is -2.13.